The van der Waals surface area contributed by atoms with Crippen LogP contribution in [0.2, 0.25) is 0 Å². The Bertz CT molecular complexity index is 499. The summed E-state index contributed by atoms with van der Waals surface area (Å²) in [6, 6.07) is 3.37. The van der Waals surface area contributed by atoms with E-state index in [4.69, 9.17) is 5.11 Å². The maximum Gasteiger partial charge on any atom is 0.340 e. The summed E-state index contributed by atoms with van der Waals surface area (Å²) in [5.74, 6) is -2.28. The predicted molar refractivity (Wildman–Crippen MR) is 67.8 cm³/mol. The van der Waals surface area contributed by atoms with Gasteiger partial charge in [0.1, 0.15) is 11.4 Å². The highest BCUT2D eigenvalue weighted by Crippen LogP contribution is 2.20. The third kappa shape index (κ3) is 3.21. The Morgan fingerprint density at radius 2 is 1.95 bits per heavy atom. The van der Waals surface area contributed by atoms with Crippen molar-refractivity contribution in [1.29, 1.82) is 0 Å². The molecule has 1 aromatic rings. The van der Waals surface area contributed by atoms with E-state index in [1.165, 1.54) is 12.1 Å². The van der Waals surface area contributed by atoms with Crippen molar-refractivity contribution in [2.45, 2.75) is 31.7 Å². The molecule has 0 aliphatic heterocycles. The second-order valence-electron chi connectivity index (χ2n) is 4.55. The average molecular weight is 266 g/mol. The number of nitrogens with one attached hydrogen (secondary N) is 2. The first kappa shape index (κ1) is 13.3. The van der Waals surface area contributed by atoms with E-state index < -0.39 is 23.4 Å². The fourth-order valence-electron chi connectivity index (χ4n) is 2.26. The highest BCUT2D eigenvalue weighted by molar-refractivity contribution is 6.00. The van der Waals surface area contributed by atoms with Gasteiger partial charge in [-0.15, -0.1) is 0 Å². The second kappa shape index (κ2) is 5.69. The number of aromatic carboxylic acids is 1. The quantitative estimate of drug-likeness (QED) is 0.786. The van der Waals surface area contributed by atoms with Crippen molar-refractivity contribution in [2.24, 2.45) is 0 Å². The van der Waals surface area contributed by atoms with Crippen LogP contribution in [0.25, 0.3) is 0 Å². The number of hydrogen-bond acceptors (Lipinski definition) is 2. The molecule has 2 amide bonds. The lowest BCUT2D eigenvalue weighted by Gasteiger charge is -2.14. The molecule has 2 rings (SSSR count). The zero-order chi connectivity index (χ0) is 13.8. The molecule has 0 atom stereocenters. The van der Waals surface area contributed by atoms with E-state index in [0.29, 0.717) is 0 Å². The van der Waals surface area contributed by atoms with Gasteiger partial charge in [0.05, 0.1) is 5.69 Å². The summed E-state index contributed by atoms with van der Waals surface area (Å²) >= 11 is 0. The van der Waals surface area contributed by atoms with Crippen LogP contribution in [0.4, 0.5) is 14.9 Å². The predicted octanol–water partition coefficient (Wildman–Crippen LogP) is 2.59. The molecule has 0 bridgehead atoms. The maximum atomic E-state index is 13.4. The lowest BCUT2D eigenvalue weighted by Crippen LogP contribution is -2.36. The standard InChI is InChI=1S/C13H15FN2O3/c14-9-6-3-7-10(11(9)12(17)18)16-13(19)15-8-4-1-2-5-8/h3,6-8H,1-2,4-5H2,(H,17,18)(H2,15,16,19). The zero-order valence-electron chi connectivity index (χ0n) is 10.3. The minimum Gasteiger partial charge on any atom is -0.478 e. The van der Waals surface area contributed by atoms with Crippen molar-refractivity contribution in [3.63, 3.8) is 0 Å². The number of halogens is 1. The molecular weight excluding hydrogens is 251 g/mol. The Morgan fingerprint density at radius 1 is 1.26 bits per heavy atom. The number of carboxylic acids is 1. The number of hydrogen-bond donors (Lipinski definition) is 3. The molecule has 0 radical (unpaired) electrons. The Morgan fingerprint density at radius 3 is 2.58 bits per heavy atom. The Labute approximate surface area is 109 Å². The number of amides is 2. The molecule has 5 nitrogen and oxygen atoms in total. The molecule has 1 aliphatic carbocycles. The van der Waals surface area contributed by atoms with Crippen LogP contribution >= 0.6 is 0 Å². The monoisotopic (exact) mass is 266 g/mol. The topological polar surface area (TPSA) is 78.4 Å². The van der Waals surface area contributed by atoms with Crippen molar-refractivity contribution < 1.29 is 19.1 Å². The SMILES string of the molecule is O=C(Nc1cccc(F)c1C(=O)O)NC1CCCC1. The molecule has 6 heteroatoms. The third-order valence-corrected chi connectivity index (χ3v) is 3.17. The van der Waals surface area contributed by atoms with Gasteiger partial charge in [-0.25, -0.2) is 14.0 Å². The Hall–Kier alpha value is -2.11. The number of carbonyl (C=O) groups excluding carboxylic acids is 1. The minimum absolute atomic E-state index is 0.0389. The first-order chi connectivity index (χ1) is 9.08. The van der Waals surface area contributed by atoms with Crippen LogP contribution in [0.5, 0.6) is 0 Å². The third-order valence-electron chi connectivity index (χ3n) is 3.17. The van der Waals surface area contributed by atoms with E-state index in [-0.39, 0.29) is 11.7 Å². The average Bonchev–Trinajstić information content (AvgIpc) is 2.81. The van der Waals surface area contributed by atoms with Gasteiger partial charge in [0.15, 0.2) is 0 Å². The molecule has 0 heterocycles. The van der Waals surface area contributed by atoms with Gasteiger partial charge in [0, 0.05) is 6.04 Å². The molecule has 0 spiro atoms. The molecule has 102 valence electrons. The molecule has 0 unspecified atom stereocenters. The number of urea groups is 1. The Balaban J connectivity index is 2.07. The van der Waals surface area contributed by atoms with E-state index in [2.05, 4.69) is 10.6 Å². The summed E-state index contributed by atoms with van der Waals surface area (Å²) in [6.07, 6.45) is 3.99. The van der Waals surface area contributed by atoms with Gasteiger partial charge in [-0.05, 0) is 25.0 Å². The molecular formula is C13H15FN2O3. The van der Waals surface area contributed by atoms with Gasteiger partial charge >= 0.3 is 12.0 Å². The van der Waals surface area contributed by atoms with Gasteiger partial charge in [-0.3, -0.25) is 0 Å². The van der Waals surface area contributed by atoms with E-state index in [9.17, 15) is 14.0 Å². The Kier molecular flexibility index (Phi) is 3.99. The number of benzene rings is 1. The summed E-state index contributed by atoms with van der Waals surface area (Å²) in [7, 11) is 0. The molecule has 3 N–H and O–H groups in total. The van der Waals surface area contributed by atoms with Crippen LogP contribution in [0.3, 0.4) is 0 Å². The molecule has 1 fully saturated rings. The van der Waals surface area contributed by atoms with Crippen LogP contribution < -0.4 is 10.6 Å². The van der Waals surface area contributed by atoms with Gasteiger partial charge in [-0.1, -0.05) is 18.9 Å². The summed E-state index contributed by atoms with van der Waals surface area (Å²) in [6.45, 7) is 0. The summed E-state index contributed by atoms with van der Waals surface area (Å²) in [5.41, 5.74) is -0.563. The van der Waals surface area contributed by atoms with Crippen molar-refractivity contribution in [3.8, 4) is 0 Å². The van der Waals surface area contributed by atoms with Gasteiger partial charge in [-0.2, -0.15) is 0 Å². The van der Waals surface area contributed by atoms with Crippen LogP contribution in [-0.2, 0) is 0 Å². The highest BCUT2D eigenvalue weighted by atomic mass is 19.1. The smallest absolute Gasteiger partial charge is 0.340 e. The number of carboxylic acid groups (broad SMARTS) is 1. The lowest BCUT2D eigenvalue weighted by molar-refractivity contribution is 0.0693. The van der Waals surface area contributed by atoms with Crippen LogP contribution in [0.15, 0.2) is 18.2 Å². The van der Waals surface area contributed by atoms with E-state index in [1.807, 2.05) is 0 Å². The first-order valence-electron chi connectivity index (χ1n) is 6.17. The molecule has 0 aromatic heterocycles. The summed E-state index contributed by atoms with van der Waals surface area (Å²) in [5, 5.41) is 14.1. The second-order valence-corrected chi connectivity index (χ2v) is 4.55. The van der Waals surface area contributed by atoms with Gasteiger partial charge < -0.3 is 15.7 Å². The summed E-state index contributed by atoms with van der Waals surface area (Å²) in [4.78, 5) is 22.7. The van der Waals surface area contributed by atoms with Gasteiger partial charge in [0.25, 0.3) is 0 Å². The minimum atomic E-state index is -1.41. The largest absolute Gasteiger partial charge is 0.478 e. The summed E-state index contributed by atoms with van der Waals surface area (Å²) < 4.78 is 13.4. The number of anilines is 1. The van der Waals surface area contributed by atoms with E-state index in [1.54, 1.807) is 0 Å². The lowest BCUT2D eigenvalue weighted by atomic mass is 10.1. The van der Waals surface area contributed by atoms with Crippen molar-refractivity contribution in [2.75, 3.05) is 5.32 Å². The van der Waals surface area contributed by atoms with E-state index in [0.717, 1.165) is 31.7 Å². The van der Waals surface area contributed by atoms with Crippen LogP contribution in [-0.4, -0.2) is 23.1 Å². The normalized spacial score (nSPS) is 15.2. The molecule has 0 saturated heterocycles. The zero-order valence-corrected chi connectivity index (χ0v) is 10.3. The number of rotatable bonds is 3. The van der Waals surface area contributed by atoms with Gasteiger partial charge in [0.2, 0.25) is 0 Å². The highest BCUT2D eigenvalue weighted by Gasteiger charge is 2.20. The van der Waals surface area contributed by atoms with Crippen LogP contribution in [0, 0.1) is 5.82 Å². The van der Waals surface area contributed by atoms with Crippen molar-refractivity contribution in [1.82, 2.24) is 5.32 Å². The van der Waals surface area contributed by atoms with Crippen molar-refractivity contribution >= 4 is 17.7 Å². The maximum absolute atomic E-state index is 13.4. The van der Waals surface area contributed by atoms with E-state index >= 15 is 0 Å². The first-order valence-corrected chi connectivity index (χ1v) is 6.17. The molecule has 1 aliphatic rings. The van der Waals surface area contributed by atoms with Crippen molar-refractivity contribution in [3.05, 3.63) is 29.6 Å². The van der Waals surface area contributed by atoms with Crippen LogP contribution in [0.1, 0.15) is 36.0 Å². The fourth-order valence-corrected chi connectivity index (χ4v) is 2.26. The number of carbonyl (C=O) groups is 2. The molecule has 1 aromatic carbocycles. The molecule has 1 saturated carbocycles. The fraction of sp³-hybridized carbons (Fsp3) is 0.385. The molecule has 19 heavy (non-hydrogen) atoms.